The molecule has 0 bridgehead atoms. The highest BCUT2D eigenvalue weighted by molar-refractivity contribution is 6.37. The number of fused-ring (bicyclic) bond motifs is 4. The maximum Gasteiger partial charge on any atom is 0.0511 e. The van der Waals surface area contributed by atoms with E-state index in [4.69, 9.17) is 46.4 Å². The Morgan fingerprint density at radius 1 is 0.457 bits per heavy atom. The van der Waals surface area contributed by atoms with Crippen LogP contribution in [0.2, 0.25) is 20.1 Å². The lowest BCUT2D eigenvalue weighted by Crippen LogP contribution is -2.19. The minimum absolute atomic E-state index is 0.620. The van der Waals surface area contributed by atoms with Gasteiger partial charge in [0.05, 0.1) is 42.8 Å². The van der Waals surface area contributed by atoms with Crippen molar-refractivity contribution >= 4 is 80.3 Å². The van der Waals surface area contributed by atoms with Crippen LogP contribution >= 0.6 is 46.4 Å². The van der Waals surface area contributed by atoms with Crippen LogP contribution in [0.3, 0.4) is 0 Å². The standard InChI is InChI=1S/C29H18Cl4N2/c1-34-22-11-3-7-18(30)26(22)16(27-19(31)8-4-12-23(27)34)15-17-28-20(32)9-5-13-24(28)35(2)25-14-6-10-21(33)29(17)25/h3-14H,1-2H3. The summed E-state index contributed by atoms with van der Waals surface area (Å²) in [7, 11) is 4.03. The molecule has 0 aliphatic carbocycles. The third-order valence-electron chi connectivity index (χ3n) is 6.66. The Hall–Kier alpha value is -2.84. The van der Waals surface area contributed by atoms with E-state index in [1.807, 2.05) is 86.9 Å². The van der Waals surface area contributed by atoms with Gasteiger partial charge in [-0.15, -0.1) is 5.73 Å². The van der Waals surface area contributed by atoms with Crippen molar-refractivity contribution in [2.45, 2.75) is 0 Å². The first-order chi connectivity index (χ1) is 16.9. The zero-order chi connectivity index (χ0) is 24.4. The highest BCUT2D eigenvalue weighted by Gasteiger charge is 2.31. The molecule has 0 amide bonds. The molecule has 172 valence electrons. The molecular weight excluding hydrogens is 518 g/mol. The predicted molar refractivity (Wildman–Crippen MR) is 150 cm³/mol. The van der Waals surface area contributed by atoms with Crippen molar-refractivity contribution in [3.8, 4) is 0 Å². The molecule has 4 aromatic rings. The van der Waals surface area contributed by atoms with Gasteiger partial charge >= 0.3 is 0 Å². The second kappa shape index (κ2) is 8.38. The fourth-order valence-corrected chi connectivity index (χ4v) is 6.10. The second-order valence-corrected chi connectivity index (χ2v) is 10.2. The van der Waals surface area contributed by atoms with Crippen LogP contribution in [0.15, 0.2) is 78.5 Å². The summed E-state index contributed by atoms with van der Waals surface area (Å²) in [5, 5.41) is 2.48. The quantitative estimate of drug-likeness (QED) is 0.207. The van der Waals surface area contributed by atoms with E-state index in [0.29, 0.717) is 20.1 Å². The van der Waals surface area contributed by atoms with Gasteiger partial charge in [-0.25, -0.2) is 0 Å². The summed E-state index contributed by atoms with van der Waals surface area (Å²) in [6.45, 7) is 0. The van der Waals surface area contributed by atoms with Gasteiger partial charge < -0.3 is 9.80 Å². The minimum atomic E-state index is 0.620. The zero-order valence-corrected chi connectivity index (χ0v) is 21.9. The summed E-state index contributed by atoms with van der Waals surface area (Å²) < 4.78 is 0. The van der Waals surface area contributed by atoms with Gasteiger partial charge in [0.15, 0.2) is 0 Å². The van der Waals surface area contributed by atoms with E-state index in [1.165, 1.54) is 0 Å². The summed E-state index contributed by atoms with van der Waals surface area (Å²) >= 11 is 27.3. The summed E-state index contributed by atoms with van der Waals surface area (Å²) in [6.07, 6.45) is 0. The summed E-state index contributed by atoms with van der Waals surface area (Å²) in [5.41, 5.74) is 12.7. The zero-order valence-electron chi connectivity index (χ0n) is 18.8. The van der Waals surface area contributed by atoms with E-state index in [9.17, 15) is 0 Å². The first kappa shape index (κ1) is 22.6. The van der Waals surface area contributed by atoms with Gasteiger partial charge in [-0.1, -0.05) is 70.7 Å². The smallest absolute Gasteiger partial charge is 0.0511 e. The molecular formula is C29H18Cl4N2. The Labute approximate surface area is 224 Å². The topological polar surface area (TPSA) is 6.48 Å². The number of nitrogens with zero attached hydrogens (tertiary/aromatic N) is 2. The first-order valence-corrected chi connectivity index (χ1v) is 12.5. The predicted octanol–water partition coefficient (Wildman–Crippen LogP) is 9.63. The van der Waals surface area contributed by atoms with Crippen LogP contribution in [0, 0.1) is 0 Å². The molecule has 0 radical (unpaired) electrons. The fraction of sp³-hybridized carbons (Fsp3) is 0.0690. The van der Waals surface area contributed by atoms with Gasteiger partial charge in [-0.2, -0.15) is 0 Å². The van der Waals surface area contributed by atoms with Crippen molar-refractivity contribution < 1.29 is 0 Å². The first-order valence-electron chi connectivity index (χ1n) is 11.0. The van der Waals surface area contributed by atoms with Crippen molar-refractivity contribution in [1.82, 2.24) is 0 Å². The van der Waals surface area contributed by atoms with Crippen LogP contribution in [0.1, 0.15) is 22.3 Å². The Kier molecular flexibility index (Phi) is 5.41. The van der Waals surface area contributed by atoms with Crippen molar-refractivity contribution in [2.75, 3.05) is 23.9 Å². The van der Waals surface area contributed by atoms with E-state index < -0.39 is 0 Å². The summed E-state index contributed by atoms with van der Waals surface area (Å²) in [4.78, 5) is 4.21. The van der Waals surface area contributed by atoms with Crippen LogP contribution < -0.4 is 9.80 Å². The third-order valence-corrected chi connectivity index (χ3v) is 7.92. The molecule has 2 heterocycles. The molecule has 0 unspecified atom stereocenters. The lowest BCUT2D eigenvalue weighted by atomic mass is 9.86. The Balaban J connectivity index is 1.85. The van der Waals surface area contributed by atoms with Crippen molar-refractivity contribution in [2.24, 2.45) is 0 Å². The monoisotopic (exact) mass is 534 g/mol. The molecule has 0 fully saturated rings. The van der Waals surface area contributed by atoms with Crippen LogP contribution in [-0.4, -0.2) is 14.1 Å². The Morgan fingerprint density at radius 3 is 0.971 bits per heavy atom. The molecule has 0 N–H and O–H groups in total. The van der Waals surface area contributed by atoms with E-state index in [-0.39, 0.29) is 0 Å². The second-order valence-electron chi connectivity index (χ2n) is 8.53. The molecule has 4 aromatic carbocycles. The fourth-order valence-electron chi connectivity index (χ4n) is 5.04. The van der Waals surface area contributed by atoms with Crippen molar-refractivity contribution in [1.29, 1.82) is 0 Å². The highest BCUT2D eigenvalue weighted by Crippen LogP contribution is 2.52. The average molecular weight is 536 g/mol. The number of anilines is 4. The largest absolute Gasteiger partial charge is 0.343 e. The van der Waals surface area contributed by atoms with Crippen LogP contribution in [-0.2, 0) is 0 Å². The molecule has 0 saturated carbocycles. The van der Waals surface area contributed by atoms with Gasteiger partial charge in [-0.05, 0) is 48.5 Å². The maximum absolute atomic E-state index is 6.82. The molecule has 0 atom stereocenters. The third kappa shape index (κ3) is 3.33. The van der Waals surface area contributed by atoms with Crippen LogP contribution in [0.25, 0.3) is 11.1 Å². The highest BCUT2D eigenvalue weighted by atomic mass is 35.5. The van der Waals surface area contributed by atoms with Gasteiger partial charge in [0, 0.05) is 47.5 Å². The molecule has 2 nitrogen and oxygen atoms in total. The minimum Gasteiger partial charge on any atom is -0.343 e. The maximum atomic E-state index is 6.82. The molecule has 0 spiro atoms. The van der Waals surface area contributed by atoms with Crippen LogP contribution in [0.4, 0.5) is 22.7 Å². The normalized spacial score (nSPS) is 13.7. The molecule has 0 saturated heterocycles. The number of rotatable bonds is 0. The van der Waals surface area contributed by atoms with Gasteiger partial charge in [0.1, 0.15) is 0 Å². The molecule has 6 heteroatoms. The van der Waals surface area contributed by atoms with Gasteiger partial charge in [-0.3, -0.25) is 0 Å². The van der Waals surface area contributed by atoms with Gasteiger partial charge in [0.2, 0.25) is 0 Å². The lowest BCUT2D eigenvalue weighted by molar-refractivity contribution is 1.17. The SMILES string of the molecule is CN1c2cccc(Cl)c2C(=C=C2c3c(Cl)cccc3N(C)c3cccc(Cl)c32)c2c(Cl)cccc21. The molecule has 6 rings (SSSR count). The Morgan fingerprint density at radius 2 is 0.714 bits per heavy atom. The lowest BCUT2D eigenvalue weighted by Gasteiger charge is -2.34. The average Bonchev–Trinajstić information content (AvgIpc) is 2.84. The van der Waals surface area contributed by atoms with E-state index in [1.54, 1.807) is 0 Å². The molecule has 2 aliphatic rings. The summed E-state index contributed by atoms with van der Waals surface area (Å²) in [6, 6.07) is 23.6. The van der Waals surface area contributed by atoms with E-state index in [2.05, 4.69) is 15.5 Å². The van der Waals surface area contributed by atoms with Gasteiger partial charge in [0.25, 0.3) is 0 Å². The summed E-state index contributed by atoms with van der Waals surface area (Å²) in [5.74, 6) is 0. The number of benzene rings is 4. The Bertz CT molecular complexity index is 1390. The molecule has 2 aliphatic heterocycles. The number of hydrogen-bond donors (Lipinski definition) is 0. The van der Waals surface area contributed by atoms with Crippen LogP contribution in [0.5, 0.6) is 0 Å². The number of hydrogen-bond acceptors (Lipinski definition) is 2. The number of halogens is 4. The molecule has 35 heavy (non-hydrogen) atoms. The van der Waals surface area contributed by atoms with E-state index in [0.717, 1.165) is 56.1 Å². The van der Waals surface area contributed by atoms with Crippen molar-refractivity contribution in [3.05, 3.63) is 121 Å². The van der Waals surface area contributed by atoms with Crippen molar-refractivity contribution in [3.63, 3.8) is 0 Å². The van der Waals surface area contributed by atoms with E-state index >= 15 is 0 Å². The molecule has 0 aromatic heterocycles.